The van der Waals surface area contributed by atoms with Gasteiger partial charge in [0, 0.05) is 38.2 Å². The molecule has 2 aromatic rings. The van der Waals surface area contributed by atoms with Crippen molar-refractivity contribution in [1.82, 2.24) is 14.5 Å². The third-order valence-electron chi connectivity index (χ3n) is 4.19. The standard InChI is InChI=1S/C17H21N3O/c1-19-10-5-8-16(19)17(21)20-11-4-6-14(13-20)12-15-7-2-3-9-18-15/h2-3,5,7-10,14H,4,6,11-13H2,1H3/t14-/m1/s1. The molecule has 0 bridgehead atoms. The summed E-state index contributed by atoms with van der Waals surface area (Å²) in [5, 5.41) is 0. The number of likely N-dealkylation sites (tertiary alicyclic amines) is 1. The van der Waals surface area contributed by atoms with Gasteiger partial charge in [0.15, 0.2) is 0 Å². The molecule has 1 fully saturated rings. The third-order valence-corrected chi connectivity index (χ3v) is 4.19. The maximum atomic E-state index is 12.6. The van der Waals surface area contributed by atoms with E-state index in [4.69, 9.17) is 0 Å². The molecule has 4 heteroatoms. The summed E-state index contributed by atoms with van der Waals surface area (Å²) in [6, 6.07) is 9.85. The molecule has 4 nitrogen and oxygen atoms in total. The van der Waals surface area contributed by atoms with E-state index in [2.05, 4.69) is 11.1 Å². The molecule has 1 aliphatic heterocycles. The normalized spacial score (nSPS) is 18.7. The highest BCUT2D eigenvalue weighted by Crippen LogP contribution is 2.21. The first-order valence-corrected chi connectivity index (χ1v) is 7.54. The molecule has 1 atom stereocenters. The zero-order chi connectivity index (χ0) is 14.7. The molecule has 1 saturated heterocycles. The Bertz CT molecular complexity index is 606. The van der Waals surface area contributed by atoms with E-state index in [0.29, 0.717) is 5.92 Å². The molecule has 0 aliphatic carbocycles. The van der Waals surface area contributed by atoms with Crippen LogP contribution in [0.2, 0.25) is 0 Å². The number of hydrogen-bond donors (Lipinski definition) is 0. The highest BCUT2D eigenvalue weighted by molar-refractivity contribution is 5.92. The first-order chi connectivity index (χ1) is 10.2. The lowest BCUT2D eigenvalue weighted by Gasteiger charge is -2.32. The van der Waals surface area contributed by atoms with Crippen LogP contribution < -0.4 is 0 Å². The van der Waals surface area contributed by atoms with E-state index in [1.807, 2.05) is 53.2 Å². The van der Waals surface area contributed by atoms with Crippen molar-refractivity contribution in [3.05, 3.63) is 54.1 Å². The fourth-order valence-corrected chi connectivity index (χ4v) is 3.08. The summed E-state index contributed by atoms with van der Waals surface area (Å²) in [5.74, 6) is 0.658. The Morgan fingerprint density at radius 1 is 1.33 bits per heavy atom. The van der Waals surface area contributed by atoms with Crippen LogP contribution >= 0.6 is 0 Å². The average molecular weight is 283 g/mol. The van der Waals surface area contributed by atoms with E-state index in [1.165, 1.54) is 6.42 Å². The zero-order valence-electron chi connectivity index (χ0n) is 12.4. The van der Waals surface area contributed by atoms with Gasteiger partial charge in [-0.15, -0.1) is 0 Å². The number of nitrogens with zero attached hydrogens (tertiary/aromatic N) is 3. The smallest absolute Gasteiger partial charge is 0.270 e. The predicted molar refractivity (Wildman–Crippen MR) is 82.0 cm³/mol. The minimum absolute atomic E-state index is 0.147. The van der Waals surface area contributed by atoms with Crippen molar-refractivity contribution in [1.29, 1.82) is 0 Å². The highest BCUT2D eigenvalue weighted by Gasteiger charge is 2.25. The van der Waals surface area contributed by atoms with E-state index >= 15 is 0 Å². The lowest BCUT2D eigenvalue weighted by Crippen LogP contribution is -2.41. The minimum atomic E-state index is 0.147. The van der Waals surface area contributed by atoms with Gasteiger partial charge in [0.2, 0.25) is 0 Å². The van der Waals surface area contributed by atoms with E-state index in [1.54, 1.807) is 0 Å². The minimum Gasteiger partial charge on any atom is -0.347 e. The average Bonchev–Trinajstić information content (AvgIpc) is 2.94. The summed E-state index contributed by atoms with van der Waals surface area (Å²) in [6.45, 7) is 1.70. The van der Waals surface area contributed by atoms with Crippen molar-refractivity contribution < 1.29 is 4.79 Å². The molecule has 2 aromatic heterocycles. The van der Waals surface area contributed by atoms with Crippen LogP contribution in [-0.4, -0.2) is 33.4 Å². The zero-order valence-corrected chi connectivity index (χ0v) is 12.4. The highest BCUT2D eigenvalue weighted by atomic mass is 16.2. The molecule has 3 heterocycles. The lowest BCUT2D eigenvalue weighted by molar-refractivity contribution is 0.0663. The summed E-state index contributed by atoms with van der Waals surface area (Å²) < 4.78 is 1.89. The molecule has 3 rings (SSSR count). The van der Waals surface area contributed by atoms with Gasteiger partial charge in [-0.1, -0.05) is 6.07 Å². The molecular formula is C17H21N3O. The molecule has 0 radical (unpaired) electrons. The number of piperidine rings is 1. The van der Waals surface area contributed by atoms with Gasteiger partial charge in [0.1, 0.15) is 5.69 Å². The van der Waals surface area contributed by atoms with E-state index in [-0.39, 0.29) is 5.91 Å². The first-order valence-electron chi connectivity index (χ1n) is 7.54. The summed E-state index contributed by atoms with van der Waals surface area (Å²) in [4.78, 5) is 19.0. The van der Waals surface area contributed by atoms with Gasteiger partial charge in [-0.05, 0) is 49.4 Å². The summed E-state index contributed by atoms with van der Waals surface area (Å²) >= 11 is 0. The van der Waals surface area contributed by atoms with E-state index in [0.717, 1.165) is 37.3 Å². The van der Waals surface area contributed by atoms with Crippen LogP contribution in [0.15, 0.2) is 42.7 Å². The molecule has 0 unspecified atom stereocenters. The number of hydrogen-bond acceptors (Lipinski definition) is 2. The molecule has 110 valence electrons. The number of amides is 1. The van der Waals surface area contributed by atoms with Crippen LogP contribution in [0.25, 0.3) is 0 Å². The van der Waals surface area contributed by atoms with Gasteiger partial charge < -0.3 is 9.47 Å². The Morgan fingerprint density at radius 3 is 2.95 bits per heavy atom. The summed E-state index contributed by atoms with van der Waals surface area (Å²) in [6.07, 6.45) is 6.96. The van der Waals surface area contributed by atoms with Crippen molar-refractivity contribution in [3.63, 3.8) is 0 Å². The van der Waals surface area contributed by atoms with Crippen LogP contribution in [0.3, 0.4) is 0 Å². The van der Waals surface area contributed by atoms with Crippen molar-refractivity contribution in [2.24, 2.45) is 13.0 Å². The Labute approximate surface area is 125 Å². The maximum absolute atomic E-state index is 12.6. The molecule has 1 amide bonds. The fraction of sp³-hybridized carbons (Fsp3) is 0.412. The molecule has 0 saturated carbocycles. The van der Waals surface area contributed by atoms with Gasteiger partial charge in [0.05, 0.1) is 0 Å². The molecular weight excluding hydrogens is 262 g/mol. The van der Waals surface area contributed by atoms with Gasteiger partial charge in [0.25, 0.3) is 5.91 Å². The Morgan fingerprint density at radius 2 is 2.24 bits per heavy atom. The Hall–Kier alpha value is -2.10. The van der Waals surface area contributed by atoms with Gasteiger partial charge in [-0.25, -0.2) is 0 Å². The van der Waals surface area contributed by atoms with Crippen LogP contribution in [0, 0.1) is 5.92 Å². The van der Waals surface area contributed by atoms with Crippen LogP contribution in [0.1, 0.15) is 29.0 Å². The Balaban J connectivity index is 1.66. The van der Waals surface area contributed by atoms with Crippen LogP contribution in [0.4, 0.5) is 0 Å². The second-order valence-corrected chi connectivity index (χ2v) is 5.79. The van der Waals surface area contributed by atoms with Gasteiger partial charge >= 0.3 is 0 Å². The number of aryl methyl sites for hydroxylation is 1. The van der Waals surface area contributed by atoms with Crippen molar-refractivity contribution in [2.45, 2.75) is 19.3 Å². The quantitative estimate of drug-likeness (QED) is 0.868. The maximum Gasteiger partial charge on any atom is 0.270 e. The van der Waals surface area contributed by atoms with Crippen LogP contribution in [-0.2, 0) is 13.5 Å². The summed E-state index contributed by atoms with van der Waals surface area (Å²) in [7, 11) is 1.92. The topological polar surface area (TPSA) is 38.1 Å². The number of rotatable bonds is 3. The van der Waals surface area contributed by atoms with Gasteiger partial charge in [-0.2, -0.15) is 0 Å². The fourth-order valence-electron chi connectivity index (χ4n) is 3.08. The molecule has 0 N–H and O–H groups in total. The second-order valence-electron chi connectivity index (χ2n) is 5.79. The number of aromatic nitrogens is 2. The van der Waals surface area contributed by atoms with E-state index < -0.39 is 0 Å². The SMILES string of the molecule is Cn1cccc1C(=O)N1CCC[C@H](Cc2ccccn2)C1. The third kappa shape index (κ3) is 3.15. The van der Waals surface area contributed by atoms with Crippen LogP contribution in [0.5, 0.6) is 0 Å². The lowest BCUT2D eigenvalue weighted by atomic mass is 9.93. The monoisotopic (exact) mass is 283 g/mol. The largest absolute Gasteiger partial charge is 0.347 e. The van der Waals surface area contributed by atoms with Crippen molar-refractivity contribution >= 4 is 5.91 Å². The first kappa shape index (κ1) is 13.9. The summed E-state index contributed by atoms with van der Waals surface area (Å²) in [5.41, 5.74) is 1.89. The number of carbonyl (C=O) groups excluding carboxylic acids is 1. The molecule has 21 heavy (non-hydrogen) atoms. The molecule has 0 spiro atoms. The predicted octanol–water partition coefficient (Wildman–Crippen LogP) is 2.52. The number of pyridine rings is 1. The van der Waals surface area contributed by atoms with Gasteiger partial charge in [-0.3, -0.25) is 9.78 Å². The Kier molecular flexibility index (Phi) is 4.04. The molecule has 0 aromatic carbocycles. The van der Waals surface area contributed by atoms with E-state index in [9.17, 15) is 4.79 Å². The molecule has 1 aliphatic rings. The van der Waals surface area contributed by atoms with Crippen molar-refractivity contribution in [3.8, 4) is 0 Å². The number of carbonyl (C=O) groups is 1. The van der Waals surface area contributed by atoms with Crippen molar-refractivity contribution in [2.75, 3.05) is 13.1 Å². The second kappa shape index (κ2) is 6.12.